The Hall–Kier alpha value is -0.500. The molecule has 0 fully saturated rings. The van der Waals surface area contributed by atoms with Crippen LogP contribution in [0.15, 0.2) is 34.0 Å². The first-order valence-electron chi connectivity index (χ1n) is 6.56. The van der Waals surface area contributed by atoms with Gasteiger partial charge in [-0.25, -0.2) is 0 Å². The summed E-state index contributed by atoms with van der Waals surface area (Å²) in [4.78, 5) is 0. The van der Waals surface area contributed by atoms with Gasteiger partial charge in [0.2, 0.25) is 0 Å². The summed E-state index contributed by atoms with van der Waals surface area (Å²) in [5.74, 6) is 1.22. The van der Waals surface area contributed by atoms with Crippen LogP contribution in [0.2, 0.25) is 0 Å². The Bertz CT molecular complexity index is 397. The molecule has 0 aromatic carbocycles. The predicted octanol–water partition coefficient (Wildman–Crippen LogP) is 5.75. The molecule has 1 N–H and O–H groups in total. The number of allylic oxidation sites excluding steroid dienone is 5. The van der Waals surface area contributed by atoms with Gasteiger partial charge < -0.3 is 5.11 Å². The maximum Gasteiger partial charge on any atom is 0.108 e. The summed E-state index contributed by atoms with van der Waals surface area (Å²) < 4.78 is 0.824. The van der Waals surface area contributed by atoms with E-state index in [1.54, 1.807) is 0 Å². The number of halogens is 1. The van der Waals surface area contributed by atoms with Crippen molar-refractivity contribution in [2.24, 2.45) is 17.3 Å². The fourth-order valence-corrected chi connectivity index (χ4v) is 3.45. The van der Waals surface area contributed by atoms with Crippen molar-refractivity contribution >= 4 is 15.9 Å². The summed E-state index contributed by atoms with van der Waals surface area (Å²) in [6.45, 7) is 14.5. The Morgan fingerprint density at radius 1 is 1.44 bits per heavy atom. The van der Waals surface area contributed by atoms with Gasteiger partial charge in [0.15, 0.2) is 0 Å². The van der Waals surface area contributed by atoms with Crippen molar-refractivity contribution in [1.29, 1.82) is 0 Å². The van der Waals surface area contributed by atoms with Crippen molar-refractivity contribution in [2.75, 3.05) is 0 Å². The van der Waals surface area contributed by atoms with Crippen LogP contribution < -0.4 is 0 Å². The van der Waals surface area contributed by atoms with E-state index in [4.69, 9.17) is 0 Å². The molecule has 0 heterocycles. The molecule has 0 aromatic rings. The minimum absolute atomic E-state index is 0.265. The van der Waals surface area contributed by atoms with Crippen LogP contribution in [0, 0.1) is 17.3 Å². The van der Waals surface area contributed by atoms with E-state index in [-0.39, 0.29) is 5.41 Å². The first-order valence-corrected chi connectivity index (χ1v) is 7.35. The topological polar surface area (TPSA) is 20.2 Å². The quantitative estimate of drug-likeness (QED) is 0.520. The average Bonchev–Trinajstić information content (AvgIpc) is 2.27. The number of hydrogen-bond acceptors (Lipinski definition) is 1. The summed E-state index contributed by atoms with van der Waals surface area (Å²) in [6.07, 6.45) is 4.61. The zero-order chi connectivity index (χ0) is 14.1. The van der Waals surface area contributed by atoms with Gasteiger partial charge in [0.1, 0.15) is 5.76 Å². The second kappa shape index (κ2) is 5.64. The Balaban J connectivity index is 3.21. The van der Waals surface area contributed by atoms with Gasteiger partial charge in [-0.15, -0.1) is 0 Å². The normalized spacial score (nSPS) is 26.4. The summed E-state index contributed by atoms with van der Waals surface area (Å²) in [5.41, 5.74) is 2.38. The van der Waals surface area contributed by atoms with Gasteiger partial charge >= 0.3 is 0 Å². The van der Waals surface area contributed by atoms with E-state index in [1.165, 1.54) is 11.1 Å². The highest BCUT2D eigenvalue weighted by Crippen LogP contribution is 2.47. The SMILES string of the molecule is C=C(C)[C@@H]1CCC(C)=C[C@H]1C(C)(C)/C(O)=C(\C)Br. The summed E-state index contributed by atoms with van der Waals surface area (Å²) in [6, 6.07) is 0. The van der Waals surface area contributed by atoms with Crippen molar-refractivity contribution in [3.05, 3.63) is 34.0 Å². The van der Waals surface area contributed by atoms with Crippen LogP contribution in [-0.2, 0) is 0 Å². The monoisotopic (exact) mass is 312 g/mol. The van der Waals surface area contributed by atoms with E-state index in [2.05, 4.69) is 56.3 Å². The molecular formula is C16H25BrO. The fraction of sp³-hybridized carbons (Fsp3) is 0.625. The van der Waals surface area contributed by atoms with E-state index >= 15 is 0 Å². The molecule has 0 amide bonds. The van der Waals surface area contributed by atoms with Crippen LogP contribution in [0.4, 0.5) is 0 Å². The van der Waals surface area contributed by atoms with Crippen LogP contribution in [-0.4, -0.2) is 5.11 Å². The molecule has 2 atom stereocenters. The lowest BCUT2D eigenvalue weighted by Gasteiger charge is -2.41. The molecule has 0 aliphatic heterocycles. The Kier molecular flexibility index (Phi) is 4.88. The zero-order valence-electron chi connectivity index (χ0n) is 12.2. The Morgan fingerprint density at radius 2 is 2.00 bits per heavy atom. The van der Waals surface area contributed by atoms with Gasteiger partial charge in [0.25, 0.3) is 0 Å². The van der Waals surface area contributed by atoms with Crippen molar-refractivity contribution in [2.45, 2.75) is 47.5 Å². The van der Waals surface area contributed by atoms with E-state index in [0.29, 0.717) is 17.6 Å². The second-order valence-corrected chi connectivity index (χ2v) is 7.32. The minimum atomic E-state index is -0.265. The standard InChI is InChI=1S/C16H25BrO/c1-10(2)13-8-7-11(3)9-14(13)16(5,6)15(18)12(4)17/h9,13-14,18H,1,7-8H2,2-6H3/b15-12-/t13-,14+/m0/s1. The molecule has 18 heavy (non-hydrogen) atoms. The zero-order valence-corrected chi connectivity index (χ0v) is 13.8. The number of aliphatic hydroxyl groups excluding tert-OH is 1. The van der Waals surface area contributed by atoms with Crippen LogP contribution in [0.5, 0.6) is 0 Å². The third-order valence-electron chi connectivity index (χ3n) is 4.15. The highest BCUT2D eigenvalue weighted by Gasteiger charge is 2.39. The van der Waals surface area contributed by atoms with E-state index in [1.807, 2.05) is 6.92 Å². The maximum absolute atomic E-state index is 10.4. The smallest absolute Gasteiger partial charge is 0.108 e. The minimum Gasteiger partial charge on any atom is -0.511 e. The van der Waals surface area contributed by atoms with Crippen LogP contribution in [0.25, 0.3) is 0 Å². The Morgan fingerprint density at radius 3 is 2.44 bits per heavy atom. The lowest BCUT2D eigenvalue weighted by Crippen LogP contribution is -2.34. The first-order chi connectivity index (χ1) is 8.17. The lowest BCUT2D eigenvalue weighted by atomic mass is 9.64. The molecule has 0 bridgehead atoms. The molecule has 1 nitrogen and oxygen atoms in total. The molecule has 0 saturated heterocycles. The van der Waals surface area contributed by atoms with Gasteiger partial charge in [-0.1, -0.05) is 53.6 Å². The molecule has 0 saturated carbocycles. The van der Waals surface area contributed by atoms with Gasteiger partial charge in [-0.2, -0.15) is 0 Å². The van der Waals surface area contributed by atoms with E-state index in [9.17, 15) is 5.11 Å². The Labute approximate surface area is 120 Å². The molecular weight excluding hydrogens is 288 g/mol. The van der Waals surface area contributed by atoms with Crippen LogP contribution >= 0.6 is 15.9 Å². The molecule has 1 aliphatic rings. The molecule has 0 spiro atoms. The third kappa shape index (κ3) is 3.09. The van der Waals surface area contributed by atoms with Crippen LogP contribution in [0.3, 0.4) is 0 Å². The van der Waals surface area contributed by atoms with Gasteiger partial charge in [0.05, 0.1) is 0 Å². The van der Waals surface area contributed by atoms with E-state index < -0.39 is 0 Å². The van der Waals surface area contributed by atoms with Crippen molar-refractivity contribution in [1.82, 2.24) is 0 Å². The van der Waals surface area contributed by atoms with Gasteiger partial charge in [0, 0.05) is 9.90 Å². The molecule has 1 rings (SSSR count). The molecule has 1 aliphatic carbocycles. The molecule has 0 unspecified atom stereocenters. The van der Waals surface area contributed by atoms with Gasteiger partial charge in [-0.3, -0.25) is 0 Å². The summed E-state index contributed by atoms with van der Waals surface area (Å²) in [5, 5.41) is 10.4. The summed E-state index contributed by atoms with van der Waals surface area (Å²) in [7, 11) is 0. The molecule has 0 radical (unpaired) electrons. The lowest BCUT2D eigenvalue weighted by molar-refractivity contribution is 0.157. The van der Waals surface area contributed by atoms with Gasteiger partial charge in [-0.05, 0) is 45.4 Å². The second-order valence-electron chi connectivity index (χ2n) is 6.13. The van der Waals surface area contributed by atoms with Crippen molar-refractivity contribution in [3.63, 3.8) is 0 Å². The molecule has 102 valence electrons. The maximum atomic E-state index is 10.4. The van der Waals surface area contributed by atoms with E-state index in [0.717, 1.165) is 17.3 Å². The number of hydrogen-bond donors (Lipinski definition) is 1. The predicted molar refractivity (Wildman–Crippen MR) is 82.8 cm³/mol. The highest BCUT2D eigenvalue weighted by atomic mass is 79.9. The number of rotatable bonds is 3. The highest BCUT2D eigenvalue weighted by molar-refractivity contribution is 9.11. The average molecular weight is 313 g/mol. The third-order valence-corrected chi connectivity index (χ3v) is 4.53. The first kappa shape index (κ1) is 15.6. The van der Waals surface area contributed by atoms with Crippen LogP contribution in [0.1, 0.15) is 47.5 Å². The number of aliphatic hydroxyl groups is 1. The fourth-order valence-electron chi connectivity index (χ4n) is 2.93. The summed E-state index contributed by atoms with van der Waals surface area (Å²) >= 11 is 3.40. The molecule has 2 heteroatoms. The largest absolute Gasteiger partial charge is 0.511 e. The van der Waals surface area contributed by atoms with Crippen molar-refractivity contribution < 1.29 is 5.11 Å². The van der Waals surface area contributed by atoms with Crippen molar-refractivity contribution in [3.8, 4) is 0 Å². The molecule has 0 aromatic heterocycles.